The van der Waals surface area contributed by atoms with Crippen molar-refractivity contribution in [2.75, 3.05) is 6.54 Å². The fourth-order valence-corrected chi connectivity index (χ4v) is 5.63. The van der Waals surface area contributed by atoms with Crippen molar-refractivity contribution in [3.63, 3.8) is 0 Å². The van der Waals surface area contributed by atoms with Gasteiger partial charge in [0.05, 0.1) is 18.7 Å². The number of nitrogens with zero attached hydrogens (tertiary/aromatic N) is 3. The fourth-order valence-electron chi connectivity index (χ4n) is 4.76. The molecular weight excluding hydrogens is 491 g/mol. The minimum atomic E-state index is -4.39. The Morgan fingerprint density at radius 2 is 1.89 bits per heavy atom. The number of carboxylic acids is 1. The van der Waals surface area contributed by atoms with Gasteiger partial charge in [0.2, 0.25) is 5.91 Å². The number of fused-ring (bicyclic) bond motifs is 3. The van der Waals surface area contributed by atoms with E-state index in [0.717, 1.165) is 22.7 Å². The third-order valence-corrected chi connectivity index (χ3v) is 7.59. The lowest BCUT2D eigenvalue weighted by atomic mass is 10.0. The molecule has 0 fully saturated rings. The van der Waals surface area contributed by atoms with Crippen LogP contribution in [-0.2, 0) is 36.9 Å². The number of carboxylic acid groups (broad SMARTS) is 1. The van der Waals surface area contributed by atoms with Crippen LogP contribution in [0.3, 0.4) is 0 Å². The van der Waals surface area contributed by atoms with Crippen molar-refractivity contribution >= 4 is 34.2 Å². The van der Waals surface area contributed by atoms with Gasteiger partial charge in [0.15, 0.2) is 0 Å². The molecular formula is C26H22F3N3O3S. The number of halogens is 3. The molecule has 4 heterocycles. The summed E-state index contributed by atoms with van der Waals surface area (Å²) in [4.78, 5) is 30.7. The summed E-state index contributed by atoms with van der Waals surface area (Å²) in [6.45, 7) is 1.07. The second kappa shape index (κ2) is 9.42. The molecule has 1 aliphatic heterocycles. The van der Waals surface area contributed by atoms with Crippen molar-refractivity contribution in [1.82, 2.24) is 14.5 Å². The van der Waals surface area contributed by atoms with Gasteiger partial charge >= 0.3 is 12.1 Å². The fraction of sp³-hybridized carbons (Fsp3) is 0.269. The second-order valence-electron chi connectivity index (χ2n) is 8.68. The lowest BCUT2D eigenvalue weighted by molar-refractivity contribution is -0.134. The zero-order chi connectivity index (χ0) is 25.4. The van der Waals surface area contributed by atoms with E-state index in [1.54, 1.807) is 29.3 Å². The molecule has 6 nitrogen and oxygen atoms in total. The molecule has 0 spiro atoms. The van der Waals surface area contributed by atoms with E-state index in [1.807, 2.05) is 16.7 Å². The molecule has 0 radical (unpaired) electrons. The molecule has 5 rings (SSSR count). The average Bonchev–Trinajstić information content (AvgIpc) is 3.46. The summed E-state index contributed by atoms with van der Waals surface area (Å²) in [5.41, 5.74) is 3.41. The Morgan fingerprint density at radius 3 is 2.64 bits per heavy atom. The molecule has 0 bridgehead atoms. The molecule has 1 amide bonds. The summed E-state index contributed by atoms with van der Waals surface area (Å²) in [7, 11) is 0. The third-order valence-electron chi connectivity index (χ3n) is 6.48. The molecule has 4 aromatic rings. The highest BCUT2D eigenvalue weighted by atomic mass is 32.1. The largest absolute Gasteiger partial charge is 0.478 e. The van der Waals surface area contributed by atoms with Gasteiger partial charge in [-0.3, -0.25) is 4.79 Å². The van der Waals surface area contributed by atoms with Crippen LogP contribution in [0, 0.1) is 0 Å². The van der Waals surface area contributed by atoms with Crippen molar-refractivity contribution in [3.8, 4) is 0 Å². The Hall–Kier alpha value is -3.66. The topological polar surface area (TPSA) is 75.4 Å². The first-order valence-corrected chi connectivity index (χ1v) is 12.2. The Kier molecular flexibility index (Phi) is 6.29. The predicted octanol–water partition coefficient (Wildman–Crippen LogP) is 5.38. The van der Waals surface area contributed by atoms with E-state index >= 15 is 0 Å². The number of carbonyl (C=O) groups is 2. The van der Waals surface area contributed by atoms with Crippen LogP contribution in [0.5, 0.6) is 0 Å². The Bertz CT molecular complexity index is 1460. The van der Waals surface area contributed by atoms with E-state index in [1.165, 1.54) is 12.1 Å². The van der Waals surface area contributed by atoms with Gasteiger partial charge in [0, 0.05) is 35.1 Å². The van der Waals surface area contributed by atoms with E-state index < -0.39 is 17.0 Å². The summed E-state index contributed by atoms with van der Waals surface area (Å²) < 4.78 is 41.3. The van der Waals surface area contributed by atoms with Gasteiger partial charge in [-0.15, -0.1) is 11.3 Å². The van der Waals surface area contributed by atoms with E-state index in [4.69, 9.17) is 0 Å². The maximum atomic E-state index is 13.1. The maximum absolute atomic E-state index is 13.1. The number of thiophene rings is 1. The molecule has 0 saturated carbocycles. The molecule has 0 unspecified atom stereocenters. The Labute approximate surface area is 208 Å². The third kappa shape index (κ3) is 4.60. The van der Waals surface area contributed by atoms with Crippen LogP contribution in [0.15, 0.2) is 54.7 Å². The van der Waals surface area contributed by atoms with Gasteiger partial charge in [-0.1, -0.05) is 18.2 Å². The second-order valence-corrected chi connectivity index (χ2v) is 9.85. The number of rotatable bonds is 6. The number of alkyl halides is 3. The molecule has 3 aromatic heterocycles. The molecule has 0 saturated heterocycles. The SMILES string of the molecule is O=C(O)c1ccccc1CCC(=O)N1CCc2c(n(Cc3ccc(C(F)(F)F)s3)c3ncccc23)C1. The zero-order valence-electron chi connectivity index (χ0n) is 19.1. The van der Waals surface area contributed by atoms with Crippen LogP contribution in [0.1, 0.15) is 43.4 Å². The number of aromatic nitrogens is 2. The highest BCUT2D eigenvalue weighted by Crippen LogP contribution is 2.36. The van der Waals surface area contributed by atoms with Crippen LogP contribution < -0.4 is 0 Å². The number of amides is 1. The van der Waals surface area contributed by atoms with Gasteiger partial charge in [-0.25, -0.2) is 9.78 Å². The van der Waals surface area contributed by atoms with Gasteiger partial charge < -0.3 is 14.6 Å². The van der Waals surface area contributed by atoms with E-state index in [0.29, 0.717) is 53.4 Å². The molecule has 186 valence electrons. The van der Waals surface area contributed by atoms with Crippen LogP contribution in [-0.4, -0.2) is 38.0 Å². The van der Waals surface area contributed by atoms with Crippen LogP contribution in [0.4, 0.5) is 13.2 Å². The monoisotopic (exact) mass is 513 g/mol. The minimum Gasteiger partial charge on any atom is -0.478 e. The quantitative estimate of drug-likeness (QED) is 0.376. The number of hydrogen-bond acceptors (Lipinski definition) is 4. The average molecular weight is 514 g/mol. The van der Waals surface area contributed by atoms with Crippen molar-refractivity contribution in [2.24, 2.45) is 0 Å². The first kappa shape index (κ1) is 24.1. The normalized spacial score (nSPS) is 13.7. The summed E-state index contributed by atoms with van der Waals surface area (Å²) >= 11 is 0.712. The maximum Gasteiger partial charge on any atom is 0.425 e. The van der Waals surface area contributed by atoms with Crippen molar-refractivity contribution in [1.29, 1.82) is 0 Å². The number of hydrogen-bond donors (Lipinski definition) is 1. The molecule has 1 aliphatic rings. The number of aryl methyl sites for hydroxylation is 1. The van der Waals surface area contributed by atoms with Crippen molar-refractivity contribution in [2.45, 2.75) is 38.5 Å². The number of benzene rings is 1. The van der Waals surface area contributed by atoms with Crippen molar-refractivity contribution < 1.29 is 27.9 Å². The number of aromatic carboxylic acids is 1. The molecule has 1 aromatic carbocycles. The highest BCUT2D eigenvalue weighted by Gasteiger charge is 2.33. The first-order valence-electron chi connectivity index (χ1n) is 11.4. The Morgan fingerprint density at radius 1 is 1.08 bits per heavy atom. The minimum absolute atomic E-state index is 0.0962. The summed E-state index contributed by atoms with van der Waals surface area (Å²) in [5, 5.41) is 10.3. The van der Waals surface area contributed by atoms with Gasteiger partial charge in [-0.2, -0.15) is 13.2 Å². The summed E-state index contributed by atoms with van der Waals surface area (Å²) in [6.07, 6.45) is -1.65. The van der Waals surface area contributed by atoms with Gasteiger partial charge in [0.25, 0.3) is 0 Å². The van der Waals surface area contributed by atoms with E-state index in [9.17, 15) is 27.9 Å². The van der Waals surface area contributed by atoms with Crippen molar-refractivity contribution in [3.05, 3.63) is 86.9 Å². The van der Waals surface area contributed by atoms with Crippen LogP contribution in [0.2, 0.25) is 0 Å². The van der Waals surface area contributed by atoms with E-state index in [-0.39, 0.29) is 24.4 Å². The molecule has 0 atom stereocenters. The van der Waals surface area contributed by atoms with Crippen LogP contribution >= 0.6 is 11.3 Å². The number of carbonyl (C=O) groups excluding carboxylic acids is 1. The molecule has 36 heavy (non-hydrogen) atoms. The Balaban J connectivity index is 1.39. The predicted molar refractivity (Wildman–Crippen MR) is 129 cm³/mol. The highest BCUT2D eigenvalue weighted by molar-refractivity contribution is 7.12. The summed E-state index contributed by atoms with van der Waals surface area (Å²) in [5.74, 6) is -1.12. The standard InChI is InChI=1S/C26H22F3N3O3S/c27-26(28,29)22-9-8-17(36-22)14-32-21-15-31(13-11-19(21)20-6-3-12-30-24(20)32)23(33)10-7-16-4-1-2-5-18(16)25(34)35/h1-6,8-9,12H,7,10-11,13-15H2,(H,34,35). The van der Waals surface area contributed by atoms with Gasteiger partial charge in [-0.05, 0) is 54.3 Å². The van der Waals surface area contributed by atoms with Crippen LogP contribution in [0.25, 0.3) is 11.0 Å². The smallest absolute Gasteiger partial charge is 0.425 e. The number of pyridine rings is 1. The molecule has 1 N–H and O–H groups in total. The zero-order valence-corrected chi connectivity index (χ0v) is 19.9. The first-order chi connectivity index (χ1) is 17.2. The summed E-state index contributed by atoms with van der Waals surface area (Å²) in [6, 6.07) is 13.0. The molecule has 0 aliphatic carbocycles. The lowest BCUT2D eigenvalue weighted by Gasteiger charge is -2.28. The van der Waals surface area contributed by atoms with Gasteiger partial charge in [0.1, 0.15) is 10.5 Å². The molecule has 10 heteroatoms. The van der Waals surface area contributed by atoms with E-state index in [2.05, 4.69) is 4.98 Å². The lowest BCUT2D eigenvalue weighted by Crippen LogP contribution is -2.36.